The zero-order valence-corrected chi connectivity index (χ0v) is 14.4. The fourth-order valence-electron chi connectivity index (χ4n) is 3.06. The van der Waals surface area contributed by atoms with Crippen LogP contribution < -0.4 is 21.3 Å². The molecule has 0 radical (unpaired) electrons. The molecule has 132 valence electrons. The van der Waals surface area contributed by atoms with Gasteiger partial charge in [-0.2, -0.15) is 0 Å². The number of hydrogen-bond acceptors (Lipinski definition) is 3. The lowest BCUT2D eigenvalue weighted by Crippen LogP contribution is -2.59. The van der Waals surface area contributed by atoms with Crippen molar-refractivity contribution in [2.24, 2.45) is 0 Å². The average Bonchev–Trinajstić information content (AvgIpc) is 3.07. The minimum Gasteiger partial charge on any atom is -0.354 e. The monoisotopic (exact) mass is 332 g/mol. The first-order valence-electron chi connectivity index (χ1n) is 8.69. The van der Waals surface area contributed by atoms with Crippen LogP contribution in [0, 0.1) is 0 Å². The number of hydrogen-bond donors (Lipinski definition) is 4. The third kappa shape index (κ3) is 5.23. The van der Waals surface area contributed by atoms with E-state index >= 15 is 0 Å². The van der Waals surface area contributed by atoms with Crippen molar-refractivity contribution >= 4 is 11.9 Å². The summed E-state index contributed by atoms with van der Waals surface area (Å²) in [5, 5.41) is 11.8. The van der Waals surface area contributed by atoms with Crippen LogP contribution in [-0.4, -0.2) is 37.6 Å². The van der Waals surface area contributed by atoms with E-state index in [1.807, 2.05) is 37.4 Å². The zero-order chi connectivity index (χ0) is 17.3. The van der Waals surface area contributed by atoms with Crippen molar-refractivity contribution in [3.63, 3.8) is 0 Å². The molecule has 3 amide bonds. The fourth-order valence-corrected chi connectivity index (χ4v) is 3.06. The molecule has 6 heteroatoms. The van der Waals surface area contributed by atoms with Crippen LogP contribution in [0.4, 0.5) is 4.79 Å². The van der Waals surface area contributed by atoms with Crippen LogP contribution in [0.3, 0.4) is 0 Å². The molecule has 1 aromatic rings. The SMILES string of the molecule is CNCCCNC(=O)C1(NC(=O)NCc2ccccc2)CCCC1. The number of carbonyl (C=O) groups excluding carboxylic acids is 2. The van der Waals surface area contributed by atoms with E-state index in [9.17, 15) is 9.59 Å². The lowest BCUT2D eigenvalue weighted by Gasteiger charge is -2.29. The summed E-state index contributed by atoms with van der Waals surface area (Å²) >= 11 is 0. The number of carbonyl (C=O) groups is 2. The first-order valence-corrected chi connectivity index (χ1v) is 8.69. The summed E-state index contributed by atoms with van der Waals surface area (Å²) in [5.41, 5.74) is 0.269. The van der Waals surface area contributed by atoms with Crippen molar-refractivity contribution in [3.05, 3.63) is 35.9 Å². The van der Waals surface area contributed by atoms with Gasteiger partial charge in [0.1, 0.15) is 5.54 Å². The maximum Gasteiger partial charge on any atom is 0.315 e. The predicted molar refractivity (Wildman–Crippen MR) is 94.6 cm³/mol. The van der Waals surface area contributed by atoms with Crippen LogP contribution in [0.5, 0.6) is 0 Å². The minimum atomic E-state index is -0.763. The molecule has 1 aliphatic carbocycles. The predicted octanol–water partition coefficient (Wildman–Crippen LogP) is 1.52. The van der Waals surface area contributed by atoms with Gasteiger partial charge in [-0.1, -0.05) is 43.2 Å². The Bertz CT molecular complexity index is 527. The second-order valence-corrected chi connectivity index (χ2v) is 6.30. The standard InChI is InChI=1S/C18H28N4O2/c1-19-12-7-13-20-16(23)18(10-5-6-11-18)22-17(24)21-14-15-8-3-2-4-9-15/h2-4,8-9,19H,5-7,10-14H2,1H3,(H,20,23)(H2,21,22,24). The number of rotatable bonds is 8. The van der Waals surface area contributed by atoms with Gasteiger partial charge in [0, 0.05) is 13.1 Å². The Kier molecular flexibility index (Phi) is 7.06. The van der Waals surface area contributed by atoms with E-state index in [0.717, 1.165) is 31.4 Å². The van der Waals surface area contributed by atoms with Gasteiger partial charge in [-0.3, -0.25) is 4.79 Å². The minimum absolute atomic E-state index is 0.0639. The Hall–Kier alpha value is -2.08. The molecular formula is C18H28N4O2. The molecule has 2 rings (SSSR count). The van der Waals surface area contributed by atoms with E-state index in [2.05, 4.69) is 21.3 Å². The van der Waals surface area contributed by atoms with E-state index in [-0.39, 0.29) is 11.9 Å². The van der Waals surface area contributed by atoms with E-state index in [0.29, 0.717) is 25.9 Å². The van der Waals surface area contributed by atoms with Gasteiger partial charge in [0.15, 0.2) is 0 Å². The van der Waals surface area contributed by atoms with Gasteiger partial charge in [0.05, 0.1) is 0 Å². The van der Waals surface area contributed by atoms with Crippen molar-refractivity contribution in [2.75, 3.05) is 20.1 Å². The third-order valence-corrected chi connectivity index (χ3v) is 4.43. The van der Waals surface area contributed by atoms with Gasteiger partial charge in [0.25, 0.3) is 0 Å². The van der Waals surface area contributed by atoms with Gasteiger partial charge in [-0.15, -0.1) is 0 Å². The fraction of sp³-hybridized carbons (Fsp3) is 0.556. The summed E-state index contributed by atoms with van der Waals surface area (Å²) in [6.45, 7) is 1.93. The van der Waals surface area contributed by atoms with Gasteiger partial charge in [-0.25, -0.2) is 4.79 Å². The average molecular weight is 332 g/mol. The quantitative estimate of drug-likeness (QED) is 0.545. The third-order valence-electron chi connectivity index (χ3n) is 4.43. The molecule has 1 aliphatic rings. The number of amides is 3. The van der Waals surface area contributed by atoms with E-state index in [4.69, 9.17) is 0 Å². The smallest absolute Gasteiger partial charge is 0.315 e. The van der Waals surface area contributed by atoms with Gasteiger partial charge < -0.3 is 21.3 Å². The molecule has 0 unspecified atom stereocenters. The molecule has 0 saturated heterocycles. The molecular weight excluding hydrogens is 304 g/mol. The first kappa shape index (κ1) is 18.3. The lowest BCUT2D eigenvalue weighted by molar-refractivity contribution is -0.127. The Morgan fingerprint density at radius 1 is 1.04 bits per heavy atom. The van der Waals surface area contributed by atoms with Crippen LogP contribution in [0.1, 0.15) is 37.7 Å². The lowest BCUT2D eigenvalue weighted by atomic mass is 9.96. The molecule has 0 atom stereocenters. The van der Waals surface area contributed by atoms with Gasteiger partial charge in [0.2, 0.25) is 5.91 Å². The Morgan fingerprint density at radius 2 is 1.75 bits per heavy atom. The summed E-state index contributed by atoms with van der Waals surface area (Å²) in [6, 6.07) is 9.44. The second kappa shape index (κ2) is 9.27. The number of nitrogens with one attached hydrogen (secondary N) is 4. The van der Waals surface area contributed by atoms with Crippen molar-refractivity contribution < 1.29 is 9.59 Å². The number of benzene rings is 1. The summed E-state index contributed by atoms with van der Waals surface area (Å²) < 4.78 is 0. The molecule has 0 spiro atoms. The molecule has 0 heterocycles. The van der Waals surface area contributed by atoms with Gasteiger partial charge in [-0.05, 0) is 38.4 Å². The highest BCUT2D eigenvalue weighted by Gasteiger charge is 2.42. The Labute approximate surface area is 143 Å². The highest BCUT2D eigenvalue weighted by Crippen LogP contribution is 2.29. The van der Waals surface area contributed by atoms with Crippen molar-refractivity contribution in [1.82, 2.24) is 21.3 Å². The van der Waals surface area contributed by atoms with Gasteiger partial charge >= 0.3 is 6.03 Å². The molecule has 6 nitrogen and oxygen atoms in total. The van der Waals surface area contributed by atoms with Crippen LogP contribution in [0.2, 0.25) is 0 Å². The molecule has 4 N–H and O–H groups in total. The maximum absolute atomic E-state index is 12.6. The van der Waals surface area contributed by atoms with Crippen LogP contribution >= 0.6 is 0 Å². The van der Waals surface area contributed by atoms with E-state index in [1.54, 1.807) is 0 Å². The molecule has 24 heavy (non-hydrogen) atoms. The van der Waals surface area contributed by atoms with Crippen LogP contribution in [0.15, 0.2) is 30.3 Å². The highest BCUT2D eigenvalue weighted by molar-refractivity contribution is 5.91. The summed E-state index contributed by atoms with van der Waals surface area (Å²) in [5.74, 6) is -0.0639. The van der Waals surface area contributed by atoms with Crippen molar-refractivity contribution in [2.45, 2.75) is 44.2 Å². The highest BCUT2D eigenvalue weighted by atomic mass is 16.2. The first-order chi connectivity index (χ1) is 11.7. The maximum atomic E-state index is 12.6. The molecule has 1 fully saturated rings. The van der Waals surface area contributed by atoms with E-state index in [1.165, 1.54) is 0 Å². The topological polar surface area (TPSA) is 82.3 Å². The van der Waals surface area contributed by atoms with Crippen LogP contribution in [0.25, 0.3) is 0 Å². The zero-order valence-electron chi connectivity index (χ0n) is 14.4. The normalized spacial score (nSPS) is 15.7. The van der Waals surface area contributed by atoms with Crippen molar-refractivity contribution in [1.29, 1.82) is 0 Å². The van der Waals surface area contributed by atoms with E-state index < -0.39 is 5.54 Å². The Balaban J connectivity index is 1.85. The Morgan fingerprint density at radius 3 is 2.42 bits per heavy atom. The van der Waals surface area contributed by atoms with Crippen molar-refractivity contribution in [3.8, 4) is 0 Å². The molecule has 0 bridgehead atoms. The summed E-state index contributed by atoms with van der Waals surface area (Å²) in [7, 11) is 1.89. The largest absolute Gasteiger partial charge is 0.354 e. The summed E-state index contributed by atoms with van der Waals surface area (Å²) in [4.78, 5) is 24.8. The second-order valence-electron chi connectivity index (χ2n) is 6.30. The summed E-state index contributed by atoms with van der Waals surface area (Å²) in [6.07, 6.45) is 4.19. The molecule has 1 saturated carbocycles. The molecule has 0 aliphatic heterocycles. The number of urea groups is 1. The van der Waals surface area contributed by atoms with Crippen LogP contribution in [-0.2, 0) is 11.3 Å². The molecule has 0 aromatic heterocycles. The molecule has 1 aromatic carbocycles.